The minimum atomic E-state index is -3.26. The molecule has 0 spiro atoms. The maximum Gasteiger partial charge on any atom is 0.405 e. The molecule has 0 bridgehead atoms. The van der Waals surface area contributed by atoms with Crippen molar-refractivity contribution in [2.24, 2.45) is 4.99 Å². The number of aromatic nitrogens is 8. The van der Waals surface area contributed by atoms with E-state index in [9.17, 15) is 20.1 Å². The third-order valence-electron chi connectivity index (χ3n) is 6.72. The van der Waals surface area contributed by atoms with Crippen molar-refractivity contribution in [2.45, 2.75) is 52.0 Å². The van der Waals surface area contributed by atoms with Crippen LogP contribution in [0.1, 0.15) is 59.6 Å². The lowest BCUT2D eigenvalue weighted by molar-refractivity contribution is -0.387. The van der Waals surface area contributed by atoms with Gasteiger partial charge in [0.25, 0.3) is 5.56 Å². The highest BCUT2D eigenvalue weighted by Crippen LogP contribution is 2.54. The SMILES string of the molecule is C/C=C/N=C(/C(F)=C/n1c(C)nc(C2CC2c2cnn(C(O)(O)O)n2)c(Cl)c1=O)c1cccc(-n2nc(C)nc2C)c1F. The second-order valence-electron chi connectivity index (χ2n) is 9.83. The number of benzene rings is 1. The zero-order valence-electron chi connectivity index (χ0n) is 23.3. The van der Waals surface area contributed by atoms with Crippen molar-refractivity contribution >= 4 is 23.5 Å². The Morgan fingerprint density at radius 2 is 1.88 bits per heavy atom. The van der Waals surface area contributed by atoms with Crippen LogP contribution in [0.15, 0.2) is 52.3 Å². The molecule has 16 heteroatoms. The first-order valence-corrected chi connectivity index (χ1v) is 13.3. The molecule has 0 radical (unpaired) electrons. The molecule has 3 aromatic heterocycles. The summed E-state index contributed by atoms with van der Waals surface area (Å²) in [5.74, 6) is -1.52. The largest absolute Gasteiger partial charge is 0.405 e. The zero-order valence-corrected chi connectivity index (χ0v) is 24.1. The molecule has 2 atom stereocenters. The maximum atomic E-state index is 15.9. The maximum absolute atomic E-state index is 15.9. The summed E-state index contributed by atoms with van der Waals surface area (Å²) in [4.78, 5) is 26.3. The molecule has 43 heavy (non-hydrogen) atoms. The average Bonchev–Trinajstić information content (AvgIpc) is 3.41. The van der Waals surface area contributed by atoms with E-state index in [1.165, 1.54) is 48.3 Å². The number of rotatable bonds is 8. The van der Waals surface area contributed by atoms with Crippen LogP contribution < -0.4 is 5.56 Å². The van der Waals surface area contributed by atoms with Crippen molar-refractivity contribution in [2.75, 3.05) is 0 Å². The van der Waals surface area contributed by atoms with Gasteiger partial charge in [0.1, 0.15) is 33.9 Å². The van der Waals surface area contributed by atoms with E-state index >= 15 is 8.78 Å². The van der Waals surface area contributed by atoms with E-state index < -0.39 is 23.3 Å². The van der Waals surface area contributed by atoms with Crippen LogP contribution in [-0.4, -0.2) is 60.3 Å². The second kappa shape index (κ2) is 11.3. The van der Waals surface area contributed by atoms with Gasteiger partial charge in [-0.25, -0.2) is 23.4 Å². The third-order valence-corrected chi connectivity index (χ3v) is 7.07. The van der Waals surface area contributed by atoms with Crippen LogP contribution in [-0.2, 0) is 6.10 Å². The van der Waals surface area contributed by atoms with Gasteiger partial charge in [-0.05, 0) is 46.2 Å². The molecule has 0 amide bonds. The van der Waals surface area contributed by atoms with Crippen molar-refractivity contribution in [3.63, 3.8) is 0 Å². The summed E-state index contributed by atoms with van der Waals surface area (Å²) in [6.07, 6.45) is 2.12. The molecular formula is C27H26ClF2N9O4. The van der Waals surface area contributed by atoms with E-state index in [1.54, 1.807) is 20.8 Å². The summed E-state index contributed by atoms with van der Waals surface area (Å²) >= 11 is 6.40. The molecule has 13 nitrogen and oxygen atoms in total. The first-order chi connectivity index (χ1) is 20.3. The molecule has 0 saturated heterocycles. The smallest absolute Gasteiger partial charge is 0.323 e. The van der Waals surface area contributed by atoms with Crippen LogP contribution in [0.3, 0.4) is 0 Å². The zero-order chi connectivity index (χ0) is 31.2. The fraction of sp³-hybridized carbons (Fsp3) is 0.296. The topological polar surface area (TPSA) is 169 Å². The Hall–Kier alpha value is -4.44. The quantitative estimate of drug-likeness (QED) is 0.200. The molecular weight excluding hydrogens is 588 g/mol. The Morgan fingerprint density at radius 3 is 2.51 bits per heavy atom. The molecule has 5 rings (SSSR count). The molecule has 224 valence electrons. The highest BCUT2D eigenvalue weighted by Gasteiger charge is 2.45. The lowest BCUT2D eigenvalue weighted by Gasteiger charge is -2.12. The molecule has 3 heterocycles. The van der Waals surface area contributed by atoms with E-state index in [-0.39, 0.29) is 45.3 Å². The van der Waals surface area contributed by atoms with Crippen molar-refractivity contribution in [3.05, 3.63) is 98.1 Å². The summed E-state index contributed by atoms with van der Waals surface area (Å²) < 4.78 is 33.9. The van der Waals surface area contributed by atoms with Crippen molar-refractivity contribution in [1.82, 2.24) is 39.3 Å². The first kappa shape index (κ1) is 30.0. The molecule has 1 aliphatic rings. The van der Waals surface area contributed by atoms with Crippen molar-refractivity contribution < 1.29 is 24.1 Å². The third kappa shape index (κ3) is 5.79. The minimum absolute atomic E-state index is 0.0423. The summed E-state index contributed by atoms with van der Waals surface area (Å²) in [7, 11) is 0. The van der Waals surface area contributed by atoms with Gasteiger partial charge in [0.05, 0.1) is 23.8 Å². The van der Waals surface area contributed by atoms with Gasteiger partial charge in [-0.1, -0.05) is 28.5 Å². The van der Waals surface area contributed by atoms with Gasteiger partial charge >= 0.3 is 6.10 Å². The number of aliphatic hydroxyl groups is 3. The second-order valence-corrected chi connectivity index (χ2v) is 10.2. The number of nitrogens with zero attached hydrogens (tertiary/aromatic N) is 9. The molecule has 4 aromatic rings. The van der Waals surface area contributed by atoms with Crippen LogP contribution in [0, 0.1) is 26.6 Å². The number of hydrogen-bond donors (Lipinski definition) is 3. The molecule has 1 saturated carbocycles. The lowest BCUT2D eigenvalue weighted by Crippen LogP contribution is -2.34. The average molecular weight is 614 g/mol. The molecule has 1 aromatic carbocycles. The Labute approximate surface area is 247 Å². The lowest BCUT2D eigenvalue weighted by atomic mass is 10.1. The van der Waals surface area contributed by atoms with Gasteiger partial charge in [0, 0.05) is 23.6 Å². The Bertz CT molecular complexity index is 1870. The monoisotopic (exact) mass is 613 g/mol. The van der Waals surface area contributed by atoms with Crippen molar-refractivity contribution in [1.29, 1.82) is 0 Å². The standard InChI is InChI=1S/C27H26ClF2N9O4/c1-5-9-31-24(16-7-6-8-21(23(16)30)38-15(4)33-13(2)35-38)19(29)12-37-14(3)34-25(22(28)26(37)40)18-10-17(18)20-11-32-39(36-20)27(41,42)43/h5-9,11-12,17-18,41-43H,10H2,1-4H3/b9-5+,19-12-,31-24+. The Kier molecular flexibility index (Phi) is 7.91. The molecule has 3 N–H and O–H groups in total. The van der Waals surface area contributed by atoms with Crippen molar-refractivity contribution in [3.8, 4) is 5.69 Å². The fourth-order valence-corrected chi connectivity index (χ4v) is 4.92. The Morgan fingerprint density at radius 1 is 1.14 bits per heavy atom. The van der Waals surface area contributed by atoms with E-state index in [4.69, 9.17) is 11.6 Å². The van der Waals surface area contributed by atoms with E-state index in [0.29, 0.717) is 28.6 Å². The van der Waals surface area contributed by atoms with Gasteiger partial charge in [-0.3, -0.25) is 14.4 Å². The first-order valence-electron chi connectivity index (χ1n) is 13.0. The van der Waals surface area contributed by atoms with Gasteiger partial charge < -0.3 is 15.3 Å². The Balaban J connectivity index is 1.50. The fourth-order valence-electron chi connectivity index (χ4n) is 4.65. The molecule has 0 aliphatic heterocycles. The van der Waals surface area contributed by atoms with Gasteiger partial charge in [0.2, 0.25) is 0 Å². The number of aryl methyl sites for hydroxylation is 3. The summed E-state index contributed by atoms with van der Waals surface area (Å²) in [5, 5.41) is 39.2. The molecule has 1 fully saturated rings. The molecule has 2 unspecified atom stereocenters. The van der Waals surface area contributed by atoms with Crippen LogP contribution in [0.25, 0.3) is 11.9 Å². The van der Waals surface area contributed by atoms with Crippen LogP contribution in [0.2, 0.25) is 5.02 Å². The number of allylic oxidation sites excluding steroid dienone is 2. The summed E-state index contributed by atoms with van der Waals surface area (Å²) in [6.45, 7) is 6.47. The normalized spacial score (nSPS) is 17.7. The number of aliphatic imine (C=N–C) groups is 1. The van der Waals surface area contributed by atoms with Crippen LogP contribution >= 0.6 is 11.6 Å². The number of halogens is 3. The molecule has 1 aliphatic carbocycles. The predicted octanol–water partition coefficient (Wildman–Crippen LogP) is 2.74. The van der Waals surface area contributed by atoms with Crippen LogP contribution in [0.5, 0.6) is 0 Å². The number of hydrogen-bond acceptors (Lipinski definition) is 10. The van der Waals surface area contributed by atoms with Gasteiger partial charge in [-0.2, -0.15) is 15.3 Å². The highest BCUT2D eigenvalue weighted by atomic mass is 35.5. The minimum Gasteiger partial charge on any atom is -0.323 e. The van der Waals surface area contributed by atoms with Gasteiger partial charge in [0.15, 0.2) is 11.6 Å². The highest BCUT2D eigenvalue weighted by molar-refractivity contribution is 6.31. The van der Waals surface area contributed by atoms with Gasteiger partial charge in [-0.15, -0.1) is 0 Å². The summed E-state index contributed by atoms with van der Waals surface area (Å²) in [5.41, 5.74) is -0.705. The van der Waals surface area contributed by atoms with Crippen LogP contribution in [0.4, 0.5) is 8.78 Å². The van der Waals surface area contributed by atoms with E-state index in [0.717, 1.165) is 10.8 Å². The van der Waals surface area contributed by atoms with E-state index in [2.05, 4.69) is 30.3 Å². The van der Waals surface area contributed by atoms with E-state index in [1.807, 2.05) is 0 Å². The predicted molar refractivity (Wildman–Crippen MR) is 151 cm³/mol. The summed E-state index contributed by atoms with van der Waals surface area (Å²) in [6, 6.07) is 4.36.